The fourth-order valence-electron chi connectivity index (χ4n) is 3.54. The predicted octanol–water partition coefficient (Wildman–Crippen LogP) is 2.02. The van der Waals surface area contributed by atoms with E-state index in [1.54, 1.807) is 30.2 Å². The number of rotatable bonds is 3. The van der Waals surface area contributed by atoms with Crippen molar-refractivity contribution in [2.45, 2.75) is 31.2 Å². The second-order valence-electron chi connectivity index (χ2n) is 5.90. The number of methoxy groups -OCH3 is 2. The number of hydrogen-bond acceptors (Lipinski definition) is 5. The molecule has 1 heterocycles. The van der Waals surface area contributed by atoms with Crippen molar-refractivity contribution in [2.75, 3.05) is 27.4 Å². The lowest BCUT2D eigenvalue weighted by atomic mass is 9.92. The Bertz CT molecular complexity index is 621. The third kappa shape index (κ3) is 2.52. The van der Waals surface area contributed by atoms with E-state index < -0.39 is 5.54 Å². The first-order valence-electron chi connectivity index (χ1n) is 7.83. The van der Waals surface area contributed by atoms with Crippen LogP contribution in [0.5, 0.6) is 11.5 Å². The van der Waals surface area contributed by atoms with Gasteiger partial charge in [0.1, 0.15) is 12.1 Å². The maximum absolute atomic E-state index is 13.0. The van der Waals surface area contributed by atoms with Crippen molar-refractivity contribution in [1.29, 1.82) is 0 Å². The molecule has 0 radical (unpaired) electrons. The molecule has 124 valence electrons. The number of benzene rings is 1. The average molecular weight is 319 g/mol. The van der Waals surface area contributed by atoms with Crippen LogP contribution in [0.25, 0.3) is 0 Å². The Morgan fingerprint density at radius 3 is 2.52 bits per heavy atom. The van der Waals surface area contributed by atoms with E-state index in [0.29, 0.717) is 36.4 Å². The van der Waals surface area contributed by atoms with Gasteiger partial charge >= 0.3 is 5.97 Å². The summed E-state index contributed by atoms with van der Waals surface area (Å²) >= 11 is 0. The SMILES string of the molecule is COc1ccc(C(=O)N2CCOC(=O)C23CCCC3)cc1OC. The smallest absolute Gasteiger partial charge is 0.332 e. The van der Waals surface area contributed by atoms with E-state index in [9.17, 15) is 9.59 Å². The molecule has 1 aromatic carbocycles. The van der Waals surface area contributed by atoms with Gasteiger partial charge in [-0.3, -0.25) is 4.79 Å². The van der Waals surface area contributed by atoms with Crippen LogP contribution in [0.2, 0.25) is 0 Å². The van der Waals surface area contributed by atoms with Gasteiger partial charge in [0.15, 0.2) is 11.5 Å². The van der Waals surface area contributed by atoms with E-state index in [-0.39, 0.29) is 18.5 Å². The summed E-state index contributed by atoms with van der Waals surface area (Å²) in [6, 6.07) is 5.06. The van der Waals surface area contributed by atoms with Crippen LogP contribution in [0.1, 0.15) is 36.0 Å². The molecule has 2 aliphatic rings. The lowest BCUT2D eigenvalue weighted by molar-refractivity contribution is -0.164. The van der Waals surface area contributed by atoms with Crippen molar-refractivity contribution in [3.63, 3.8) is 0 Å². The highest BCUT2D eigenvalue weighted by atomic mass is 16.5. The maximum atomic E-state index is 13.0. The third-order valence-corrected chi connectivity index (χ3v) is 4.75. The van der Waals surface area contributed by atoms with Crippen LogP contribution in [0.3, 0.4) is 0 Å². The van der Waals surface area contributed by atoms with E-state index in [0.717, 1.165) is 12.8 Å². The largest absolute Gasteiger partial charge is 0.493 e. The molecule has 1 aromatic rings. The molecule has 23 heavy (non-hydrogen) atoms. The van der Waals surface area contributed by atoms with Gasteiger partial charge in [0.05, 0.1) is 20.8 Å². The Balaban J connectivity index is 1.94. The molecule has 1 aliphatic carbocycles. The van der Waals surface area contributed by atoms with Gasteiger partial charge in [0, 0.05) is 5.56 Å². The normalized spacial score (nSPS) is 19.6. The number of ether oxygens (including phenoxy) is 3. The minimum atomic E-state index is -0.789. The van der Waals surface area contributed by atoms with Crippen LogP contribution >= 0.6 is 0 Å². The molecule has 2 fully saturated rings. The van der Waals surface area contributed by atoms with Gasteiger partial charge in [-0.1, -0.05) is 12.8 Å². The van der Waals surface area contributed by atoms with Crippen LogP contribution in [0.15, 0.2) is 18.2 Å². The van der Waals surface area contributed by atoms with Crippen molar-refractivity contribution >= 4 is 11.9 Å². The van der Waals surface area contributed by atoms with Crippen molar-refractivity contribution in [3.8, 4) is 11.5 Å². The quantitative estimate of drug-likeness (QED) is 0.798. The number of esters is 1. The van der Waals surface area contributed by atoms with Gasteiger partial charge in [0.25, 0.3) is 5.91 Å². The molecule has 1 amide bonds. The van der Waals surface area contributed by atoms with Gasteiger partial charge in [0.2, 0.25) is 0 Å². The molecule has 0 atom stereocenters. The molecular weight excluding hydrogens is 298 g/mol. The lowest BCUT2D eigenvalue weighted by Crippen LogP contribution is -2.60. The topological polar surface area (TPSA) is 65.1 Å². The molecule has 1 spiro atoms. The number of morpholine rings is 1. The first kappa shape index (κ1) is 15.6. The zero-order valence-electron chi connectivity index (χ0n) is 13.5. The summed E-state index contributed by atoms with van der Waals surface area (Å²) in [5.41, 5.74) is -0.300. The van der Waals surface area contributed by atoms with E-state index in [4.69, 9.17) is 14.2 Å². The van der Waals surface area contributed by atoms with E-state index >= 15 is 0 Å². The standard InChI is InChI=1S/C17H21NO5/c1-21-13-6-5-12(11-14(13)22-2)15(19)18-9-10-23-16(20)17(18)7-3-4-8-17/h5-6,11H,3-4,7-10H2,1-2H3. The van der Waals surface area contributed by atoms with Crippen molar-refractivity contribution in [2.24, 2.45) is 0 Å². The second kappa shape index (κ2) is 6.10. The van der Waals surface area contributed by atoms with Crippen LogP contribution in [0, 0.1) is 0 Å². The van der Waals surface area contributed by atoms with Gasteiger partial charge < -0.3 is 19.1 Å². The van der Waals surface area contributed by atoms with Gasteiger partial charge in [-0.15, -0.1) is 0 Å². The zero-order valence-corrected chi connectivity index (χ0v) is 13.5. The molecule has 0 aromatic heterocycles. The Hall–Kier alpha value is -2.24. The Morgan fingerprint density at radius 1 is 1.17 bits per heavy atom. The molecule has 0 bridgehead atoms. The summed E-state index contributed by atoms with van der Waals surface area (Å²) in [7, 11) is 3.08. The molecule has 3 rings (SSSR count). The number of carbonyl (C=O) groups is 2. The minimum absolute atomic E-state index is 0.162. The number of amides is 1. The molecule has 6 nitrogen and oxygen atoms in total. The van der Waals surface area contributed by atoms with Crippen LogP contribution in [-0.2, 0) is 9.53 Å². The number of nitrogens with zero attached hydrogens (tertiary/aromatic N) is 1. The monoisotopic (exact) mass is 319 g/mol. The van der Waals surface area contributed by atoms with E-state index in [1.165, 1.54) is 7.11 Å². The molecule has 1 saturated carbocycles. The first-order chi connectivity index (χ1) is 11.1. The second-order valence-corrected chi connectivity index (χ2v) is 5.90. The van der Waals surface area contributed by atoms with E-state index in [2.05, 4.69) is 0 Å². The van der Waals surface area contributed by atoms with Gasteiger partial charge in [-0.2, -0.15) is 0 Å². The minimum Gasteiger partial charge on any atom is -0.493 e. The summed E-state index contributed by atoms with van der Waals surface area (Å²) in [6.45, 7) is 0.679. The van der Waals surface area contributed by atoms with E-state index in [1.807, 2.05) is 0 Å². The van der Waals surface area contributed by atoms with Crippen LogP contribution in [0.4, 0.5) is 0 Å². The predicted molar refractivity (Wildman–Crippen MR) is 82.7 cm³/mol. The van der Waals surface area contributed by atoms with Gasteiger partial charge in [-0.05, 0) is 31.0 Å². The Kier molecular flexibility index (Phi) is 4.15. The number of hydrogen-bond donors (Lipinski definition) is 0. The van der Waals surface area contributed by atoms with Crippen LogP contribution < -0.4 is 9.47 Å². The Morgan fingerprint density at radius 2 is 1.87 bits per heavy atom. The highest BCUT2D eigenvalue weighted by molar-refractivity contribution is 5.99. The molecule has 0 N–H and O–H groups in total. The van der Waals surface area contributed by atoms with Crippen LogP contribution in [-0.4, -0.2) is 49.7 Å². The molecule has 6 heteroatoms. The Labute approximate surface area is 135 Å². The lowest BCUT2D eigenvalue weighted by Gasteiger charge is -2.42. The third-order valence-electron chi connectivity index (χ3n) is 4.75. The zero-order chi connectivity index (χ0) is 16.4. The van der Waals surface area contributed by atoms with Crippen molar-refractivity contribution in [3.05, 3.63) is 23.8 Å². The highest BCUT2D eigenvalue weighted by Crippen LogP contribution is 2.39. The van der Waals surface area contributed by atoms with Gasteiger partial charge in [-0.25, -0.2) is 4.79 Å². The molecular formula is C17H21NO5. The average Bonchev–Trinajstić information content (AvgIpc) is 3.06. The first-order valence-corrected chi connectivity index (χ1v) is 7.83. The number of cyclic esters (lactones) is 1. The molecule has 0 unspecified atom stereocenters. The summed E-state index contributed by atoms with van der Waals surface area (Å²) in [5.74, 6) is 0.635. The van der Waals surface area contributed by atoms with Crippen molar-refractivity contribution in [1.82, 2.24) is 4.90 Å². The summed E-state index contributed by atoms with van der Waals surface area (Å²) in [4.78, 5) is 27.0. The summed E-state index contributed by atoms with van der Waals surface area (Å²) in [5, 5.41) is 0. The summed E-state index contributed by atoms with van der Waals surface area (Å²) in [6.07, 6.45) is 3.21. The van der Waals surface area contributed by atoms with Crippen molar-refractivity contribution < 1.29 is 23.8 Å². The molecule has 1 saturated heterocycles. The fourth-order valence-corrected chi connectivity index (χ4v) is 3.54. The highest BCUT2D eigenvalue weighted by Gasteiger charge is 2.51. The molecule has 1 aliphatic heterocycles. The fraction of sp³-hybridized carbons (Fsp3) is 0.529. The maximum Gasteiger partial charge on any atom is 0.332 e. The number of carbonyl (C=O) groups excluding carboxylic acids is 2. The summed E-state index contributed by atoms with van der Waals surface area (Å²) < 4.78 is 15.7.